The molecule has 2 aliphatic rings. The molecule has 3 rings (SSSR count). The molecule has 2 aliphatic heterocycles. The SMILES string of the molecule is CCNC(=NCC(C)N1CCN(CC)CC1)N1CCN(c2ccccc2F)CC1. The van der Waals surface area contributed by atoms with Gasteiger partial charge < -0.3 is 20.0 Å². The Morgan fingerprint density at radius 2 is 1.72 bits per heavy atom. The summed E-state index contributed by atoms with van der Waals surface area (Å²) in [5.41, 5.74) is 0.703. The van der Waals surface area contributed by atoms with E-state index in [4.69, 9.17) is 4.99 Å². The van der Waals surface area contributed by atoms with Gasteiger partial charge in [-0.05, 0) is 32.5 Å². The molecule has 162 valence electrons. The number of rotatable bonds is 6. The monoisotopic (exact) mass is 404 g/mol. The van der Waals surface area contributed by atoms with Gasteiger partial charge in [0.1, 0.15) is 5.82 Å². The number of guanidine groups is 1. The van der Waals surface area contributed by atoms with Crippen LogP contribution < -0.4 is 10.2 Å². The lowest BCUT2D eigenvalue weighted by molar-refractivity contribution is 0.109. The second-order valence-corrected chi connectivity index (χ2v) is 7.94. The summed E-state index contributed by atoms with van der Waals surface area (Å²) in [6, 6.07) is 7.49. The van der Waals surface area contributed by atoms with E-state index in [-0.39, 0.29) is 5.82 Å². The molecular formula is C22H37FN6. The Bertz CT molecular complexity index is 650. The molecule has 7 heteroatoms. The van der Waals surface area contributed by atoms with Crippen molar-refractivity contribution in [3.63, 3.8) is 0 Å². The number of anilines is 1. The minimum absolute atomic E-state index is 0.140. The van der Waals surface area contributed by atoms with E-state index in [9.17, 15) is 4.39 Å². The summed E-state index contributed by atoms with van der Waals surface area (Å²) in [6.07, 6.45) is 0. The summed E-state index contributed by atoms with van der Waals surface area (Å²) in [5.74, 6) is 0.846. The van der Waals surface area contributed by atoms with Crippen molar-refractivity contribution in [1.82, 2.24) is 20.0 Å². The maximum Gasteiger partial charge on any atom is 0.194 e. The van der Waals surface area contributed by atoms with Gasteiger partial charge in [-0.15, -0.1) is 0 Å². The fraction of sp³-hybridized carbons (Fsp3) is 0.682. The van der Waals surface area contributed by atoms with Crippen LogP contribution in [0.5, 0.6) is 0 Å². The predicted octanol–water partition coefficient (Wildman–Crippen LogP) is 1.94. The van der Waals surface area contributed by atoms with Crippen LogP contribution in [-0.4, -0.2) is 98.7 Å². The molecule has 2 heterocycles. The Balaban J connectivity index is 1.54. The number of likely N-dealkylation sites (N-methyl/N-ethyl adjacent to an activating group) is 1. The molecule has 2 saturated heterocycles. The standard InChI is InChI=1S/C22H37FN6/c1-4-24-22(25-18-19(3)27-12-10-26(5-2)11-13-27)29-16-14-28(15-17-29)21-9-7-6-8-20(21)23/h6-9,19H,4-5,10-18H2,1-3H3,(H,24,25). The van der Waals surface area contributed by atoms with Gasteiger partial charge in [0.05, 0.1) is 12.2 Å². The van der Waals surface area contributed by atoms with E-state index in [2.05, 4.69) is 45.7 Å². The Kier molecular flexibility index (Phi) is 8.12. The zero-order valence-electron chi connectivity index (χ0n) is 18.3. The van der Waals surface area contributed by atoms with Crippen LogP contribution in [0.15, 0.2) is 29.3 Å². The van der Waals surface area contributed by atoms with Crippen molar-refractivity contribution in [1.29, 1.82) is 0 Å². The highest BCUT2D eigenvalue weighted by Crippen LogP contribution is 2.20. The van der Waals surface area contributed by atoms with Gasteiger partial charge in [0.15, 0.2) is 5.96 Å². The van der Waals surface area contributed by atoms with Crippen LogP contribution >= 0.6 is 0 Å². The van der Waals surface area contributed by atoms with Crippen molar-refractivity contribution in [3.8, 4) is 0 Å². The zero-order valence-corrected chi connectivity index (χ0v) is 18.3. The third-order valence-electron chi connectivity index (χ3n) is 6.09. The van der Waals surface area contributed by atoms with Crippen LogP contribution in [0, 0.1) is 5.82 Å². The summed E-state index contributed by atoms with van der Waals surface area (Å²) in [5, 5.41) is 3.45. The summed E-state index contributed by atoms with van der Waals surface area (Å²) in [4.78, 5) is 14.4. The first-order valence-electron chi connectivity index (χ1n) is 11.1. The molecule has 0 saturated carbocycles. The lowest BCUT2D eigenvalue weighted by atomic mass is 10.2. The van der Waals surface area contributed by atoms with Crippen LogP contribution in [0.2, 0.25) is 0 Å². The van der Waals surface area contributed by atoms with Gasteiger partial charge in [0.2, 0.25) is 0 Å². The molecule has 0 bridgehead atoms. The quantitative estimate of drug-likeness (QED) is 0.579. The van der Waals surface area contributed by atoms with Crippen molar-refractivity contribution in [2.45, 2.75) is 26.8 Å². The van der Waals surface area contributed by atoms with Crippen LogP contribution in [-0.2, 0) is 0 Å². The number of benzene rings is 1. The molecule has 1 atom stereocenters. The number of para-hydroxylation sites is 1. The highest BCUT2D eigenvalue weighted by molar-refractivity contribution is 5.80. The molecule has 0 spiro atoms. The Hall–Kier alpha value is -1.86. The highest BCUT2D eigenvalue weighted by atomic mass is 19.1. The first-order valence-corrected chi connectivity index (χ1v) is 11.1. The molecule has 0 radical (unpaired) electrons. The van der Waals surface area contributed by atoms with Crippen molar-refractivity contribution in [2.75, 3.05) is 76.9 Å². The van der Waals surface area contributed by atoms with Gasteiger partial charge in [-0.3, -0.25) is 9.89 Å². The topological polar surface area (TPSA) is 37.4 Å². The summed E-state index contributed by atoms with van der Waals surface area (Å²) in [6.45, 7) is 17.3. The van der Waals surface area contributed by atoms with E-state index in [1.807, 2.05) is 12.1 Å². The summed E-state index contributed by atoms with van der Waals surface area (Å²) < 4.78 is 14.1. The minimum Gasteiger partial charge on any atom is -0.366 e. The van der Waals surface area contributed by atoms with Gasteiger partial charge >= 0.3 is 0 Å². The normalized spacial score (nSPS) is 20.8. The van der Waals surface area contributed by atoms with Gasteiger partial charge in [-0.2, -0.15) is 0 Å². The molecule has 0 aliphatic carbocycles. The molecule has 1 N–H and O–H groups in total. The largest absolute Gasteiger partial charge is 0.366 e. The summed E-state index contributed by atoms with van der Waals surface area (Å²) >= 11 is 0. The number of nitrogens with one attached hydrogen (secondary N) is 1. The Labute approximate surface area is 175 Å². The fourth-order valence-electron chi connectivity index (χ4n) is 4.15. The Morgan fingerprint density at radius 3 is 2.34 bits per heavy atom. The van der Waals surface area contributed by atoms with Crippen LogP contribution in [0.25, 0.3) is 0 Å². The van der Waals surface area contributed by atoms with Crippen molar-refractivity contribution in [3.05, 3.63) is 30.1 Å². The molecule has 1 aromatic rings. The molecule has 29 heavy (non-hydrogen) atoms. The van der Waals surface area contributed by atoms with Gasteiger partial charge in [0.25, 0.3) is 0 Å². The number of hydrogen-bond donors (Lipinski definition) is 1. The third-order valence-corrected chi connectivity index (χ3v) is 6.09. The van der Waals surface area contributed by atoms with E-state index in [0.717, 1.165) is 78.0 Å². The molecule has 0 aromatic heterocycles. The lowest BCUT2D eigenvalue weighted by Gasteiger charge is -2.39. The van der Waals surface area contributed by atoms with Crippen LogP contribution in [0.4, 0.5) is 10.1 Å². The lowest BCUT2D eigenvalue weighted by Crippen LogP contribution is -2.53. The van der Waals surface area contributed by atoms with E-state index >= 15 is 0 Å². The number of halogens is 1. The van der Waals surface area contributed by atoms with Crippen LogP contribution in [0.3, 0.4) is 0 Å². The fourth-order valence-corrected chi connectivity index (χ4v) is 4.15. The molecule has 2 fully saturated rings. The number of hydrogen-bond acceptors (Lipinski definition) is 4. The van der Waals surface area contributed by atoms with E-state index in [1.165, 1.54) is 6.07 Å². The van der Waals surface area contributed by atoms with Crippen molar-refractivity contribution in [2.24, 2.45) is 4.99 Å². The molecule has 1 unspecified atom stereocenters. The smallest absolute Gasteiger partial charge is 0.194 e. The maximum atomic E-state index is 14.1. The average Bonchev–Trinajstić information content (AvgIpc) is 2.77. The average molecular weight is 405 g/mol. The maximum absolute atomic E-state index is 14.1. The highest BCUT2D eigenvalue weighted by Gasteiger charge is 2.23. The molecule has 1 aromatic carbocycles. The minimum atomic E-state index is -0.140. The van der Waals surface area contributed by atoms with Crippen molar-refractivity contribution >= 4 is 11.6 Å². The van der Waals surface area contributed by atoms with Gasteiger partial charge in [-0.1, -0.05) is 19.1 Å². The number of piperazine rings is 2. The van der Waals surface area contributed by atoms with Gasteiger partial charge in [-0.25, -0.2) is 4.39 Å². The second-order valence-electron chi connectivity index (χ2n) is 7.94. The first kappa shape index (κ1) is 21.8. The molecular weight excluding hydrogens is 367 g/mol. The second kappa shape index (κ2) is 10.8. The number of aliphatic imine (C=N–C) groups is 1. The van der Waals surface area contributed by atoms with E-state index in [1.54, 1.807) is 6.07 Å². The van der Waals surface area contributed by atoms with E-state index in [0.29, 0.717) is 11.7 Å². The van der Waals surface area contributed by atoms with Gasteiger partial charge in [0, 0.05) is 64.9 Å². The van der Waals surface area contributed by atoms with Crippen LogP contribution in [0.1, 0.15) is 20.8 Å². The third kappa shape index (κ3) is 5.82. The number of nitrogens with zero attached hydrogens (tertiary/aromatic N) is 5. The molecule has 0 amide bonds. The zero-order chi connectivity index (χ0) is 20.6. The first-order chi connectivity index (χ1) is 14.1. The van der Waals surface area contributed by atoms with Crippen molar-refractivity contribution < 1.29 is 4.39 Å². The molecule has 6 nitrogen and oxygen atoms in total. The predicted molar refractivity (Wildman–Crippen MR) is 119 cm³/mol. The Morgan fingerprint density at radius 1 is 1.03 bits per heavy atom. The van der Waals surface area contributed by atoms with E-state index < -0.39 is 0 Å². The summed E-state index contributed by atoms with van der Waals surface area (Å²) in [7, 11) is 0.